The van der Waals surface area contributed by atoms with Crippen molar-refractivity contribution in [3.05, 3.63) is 34.6 Å². The van der Waals surface area contributed by atoms with E-state index >= 15 is 0 Å². The summed E-state index contributed by atoms with van der Waals surface area (Å²) < 4.78 is 6.40. The van der Waals surface area contributed by atoms with Gasteiger partial charge in [0, 0.05) is 10.7 Å². The fraction of sp³-hybridized carbons (Fsp3) is 0.533. The van der Waals surface area contributed by atoms with Gasteiger partial charge < -0.3 is 10.1 Å². The predicted molar refractivity (Wildman–Crippen MR) is 83.3 cm³/mol. The number of nitrogens with zero attached hydrogens (tertiary/aromatic N) is 1. The van der Waals surface area contributed by atoms with Gasteiger partial charge in [-0.1, -0.05) is 22.0 Å². The molecule has 0 radical (unpaired) electrons. The van der Waals surface area contributed by atoms with Crippen LogP contribution in [0.5, 0.6) is 0 Å². The molecule has 0 aromatic heterocycles. The Morgan fingerprint density at radius 3 is 2.85 bits per heavy atom. The van der Waals surface area contributed by atoms with Crippen LogP contribution >= 0.6 is 15.9 Å². The molecule has 1 atom stereocenters. The van der Waals surface area contributed by atoms with Gasteiger partial charge in [-0.2, -0.15) is 0 Å². The Hall–Kier alpha value is -1.23. The van der Waals surface area contributed by atoms with Crippen LogP contribution in [0.15, 0.2) is 34.6 Å². The van der Waals surface area contributed by atoms with Crippen molar-refractivity contribution in [2.45, 2.75) is 45.3 Å². The van der Waals surface area contributed by atoms with E-state index in [9.17, 15) is 4.79 Å². The molecular formula is C15H21BrN2O2. The first-order valence-electron chi connectivity index (χ1n) is 6.83. The van der Waals surface area contributed by atoms with E-state index in [4.69, 9.17) is 4.74 Å². The van der Waals surface area contributed by atoms with Crippen LogP contribution in [0.2, 0.25) is 0 Å². The SMILES string of the molecule is CC(C)(C)OC(=O)N1C=C(C2CCC=CN2)C=C(Br)C1. The smallest absolute Gasteiger partial charge is 0.414 e. The summed E-state index contributed by atoms with van der Waals surface area (Å²) in [5.41, 5.74) is 0.614. The minimum absolute atomic E-state index is 0.248. The van der Waals surface area contributed by atoms with Crippen molar-refractivity contribution < 1.29 is 9.53 Å². The van der Waals surface area contributed by atoms with Crippen molar-refractivity contribution in [1.29, 1.82) is 0 Å². The molecule has 0 fully saturated rings. The third-order valence-electron chi connectivity index (χ3n) is 3.02. The molecule has 1 N–H and O–H groups in total. The molecule has 0 aromatic rings. The van der Waals surface area contributed by atoms with Gasteiger partial charge >= 0.3 is 6.09 Å². The summed E-state index contributed by atoms with van der Waals surface area (Å²) in [5, 5.41) is 3.32. The van der Waals surface area contributed by atoms with Gasteiger partial charge in [0.1, 0.15) is 5.60 Å². The quantitative estimate of drug-likeness (QED) is 0.791. The highest BCUT2D eigenvalue weighted by Crippen LogP contribution is 2.25. The van der Waals surface area contributed by atoms with Gasteiger partial charge in [0.2, 0.25) is 0 Å². The normalized spacial score (nSPS) is 22.8. The van der Waals surface area contributed by atoms with Crippen molar-refractivity contribution >= 4 is 22.0 Å². The van der Waals surface area contributed by atoms with Crippen LogP contribution in [0.3, 0.4) is 0 Å². The van der Waals surface area contributed by atoms with Crippen LogP contribution in [0.1, 0.15) is 33.6 Å². The van der Waals surface area contributed by atoms with Gasteiger partial charge in [-0.05, 0) is 51.5 Å². The van der Waals surface area contributed by atoms with Crippen LogP contribution in [-0.4, -0.2) is 29.2 Å². The molecule has 2 aliphatic rings. The minimum Gasteiger partial charge on any atom is -0.443 e. The van der Waals surface area contributed by atoms with Crippen molar-refractivity contribution in [1.82, 2.24) is 10.2 Å². The Labute approximate surface area is 128 Å². The van der Waals surface area contributed by atoms with E-state index in [1.165, 1.54) is 0 Å². The van der Waals surface area contributed by atoms with Gasteiger partial charge in [0.25, 0.3) is 0 Å². The molecule has 4 nitrogen and oxygen atoms in total. The highest BCUT2D eigenvalue weighted by molar-refractivity contribution is 9.11. The number of carbonyl (C=O) groups excluding carboxylic acids is 1. The second-order valence-electron chi connectivity index (χ2n) is 6.03. The van der Waals surface area contributed by atoms with Gasteiger partial charge in [0.15, 0.2) is 0 Å². The van der Waals surface area contributed by atoms with E-state index in [0.717, 1.165) is 22.9 Å². The number of hydrogen-bond acceptors (Lipinski definition) is 3. The summed E-state index contributed by atoms with van der Waals surface area (Å²) in [7, 11) is 0. The second kappa shape index (κ2) is 6.04. The molecule has 0 aliphatic carbocycles. The summed E-state index contributed by atoms with van der Waals surface area (Å²) >= 11 is 3.51. The van der Waals surface area contributed by atoms with Crippen molar-refractivity contribution in [2.75, 3.05) is 6.54 Å². The third-order valence-corrected chi connectivity index (χ3v) is 3.50. The Balaban J connectivity index is 2.11. The zero-order valence-electron chi connectivity index (χ0n) is 12.1. The van der Waals surface area contributed by atoms with Gasteiger partial charge in [-0.25, -0.2) is 4.79 Å². The summed E-state index contributed by atoms with van der Waals surface area (Å²) in [5.74, 6) is 0. The van der Waals surface area contributed by atoms with Crippen molar-refractivity contribution in [3.63, 3.8) is 0 Å². The highest BCUT2D eigenvalue weighted by atomic mass is 79.9. The van der Waals surface area contributed by atoms with E-state index in [1.54, 1.807) is 4.90 Å². The Morgan fingerprint density at radius 2 is 2.25 bits per heavy atom. The summed E-state index contributed by atoms with van der Waals surface area (Å²) in [6.07, 6.45) is 9.82. The van der Waals surface area contributed by atoms with Crippen LogP contribution < -0.4 is 5.32 Å². The van der Waals surface area contributed by atoms with Gasteiger partial charge in [0.05, 0.1) is 12.6 Å². The lowest BCUT2D eigenvalue weighted by molar-refractivity contribution is 0.0347. The first kappa shape index (κ1) is 15.2. The third kappa shape index (κ3) is 4.13. The summed E-state index contributed by atoms with van der Waals surface area (Å²) in [6.45, 7) is 6.13. The predicted octanol–water partition coefficient (Wildman–Crippen LogP) is 3.67. The molecule has 0 spiro atoms. The van der Waals surface area contributed by atoms with Crippen molar-refractivity contribution in [2.24, 2.45) is 0 Å². The van der Waals surface area contributed by atoms with E-state index < -0.39 is 5.60 Å². The van der Waals surface area contributed by atoms with Crippen LogP contribution in [0.4, 0.5) is 4.79 Å². The lowest BCUT2D eigenvalue weighted by Gasteiger charge is -2.30. The van der Waals surface area contributed by atoms with Crippen LogP contribution in [-0.2, 0) is 4.74 Å². The number of halogens is 1. The maximum absolute atomic E-state index is 12.2. The van der Waals surface area contributed by atoms with E-state index in [2.05, 4.69) is 33.4 Å². The minimum atomic E-state index is -0.482. The number of amides is 1. The first-order valence-corrected chi connectivity index (χ1v) is 7.63. The molecule has 5 heteroatoms. The first-order chi connectivity index (χ1) is 9.35. The average Bonchev–Trinajstić information content (AvgIpc) is 2.37. The highest BCUT2D eigenvalue weighted by Gasteiger charge is 2.25. The molecular weight excluding hydrogens is 320 g/mol. The summed E-state index contributed by atoms with van der Waals surface area (Å²) in [4.78, 5) is 13.8. The zero-order valence-corrected chi connectivity index (χ0v) is 13.7. The number of ether oxygens (including phenoxy) is 1. The molecule has 2 rings (SSSR count). The topological polar surface area (TPSA) is 41.6 Å². The van der Waals surface area contributed by atoms with Crippen molar-refractivity contribution in [3.8, 4) is 0 Å². The lowest BCUT2D eigenvalue weighted by Crippen LogP contribution is -2.37. The Bertz CT molecular complexity index is 475. The molecule has 0 saturated carbocycles. The molecule has 1 unspecified atom stereocenters. The molecule has 1 amide bonds. The molecule has 20 heavy (non-hydrogen) atoms. The van der Waals surface area contributed by atoms with Gasteiger partial charge in [-0.15, -0.1) is 0 Å². The monoisotopic (exact) mass is 340 g/mol. The lowest BCUT2D eigenvalue weighted by atomic mass is 9.99. The fourth-order valence-corrected chi connectivity index (χ4v) is 2.69. The van der Waals surface area contributed by atoms with E-state index in [1.807, 2.05) is 33.2 Å². The average molecular weight is 341 g/mol. The van der Waals surface area contributed by atoms with Gasteiger partial charge in [-0.3, -0.25) is 4.90 Å². The van der Waals surface area contributed by atoms with Crippen LogP contribution in [0.25, 0.3) is 0 Å². The van der Waals surface area contributed by atoms with Crippen LogP contribution in [0, 0.1) is 0 Å². The zero-order chi connectivity index (χ0) is 14.8. The van der Waals surface area contributed by atoms with E-state index in [-0.39, 0.29) is 12.1 Å². The Morgan fingerprint density at radius 1 is 1.50 bits per heavy atom. The fourth-order valence-electron chi connectivity index (χ4n) is 2.16. The number of rotatable bonds is 1. The molecule has 0 aromatic carbocycles. The Kier molecular flexibility index (Phi) is 4.58. The number of nitrogens with one attached hydrogen (secondary N) is 1. The van der Waals surface area contributed by atoms with E-state index in [0.29, 0.717) is 6.54 Å². The second-order valence-corrected chi connectivity index (χ2v) is 7.05. The number of carbonyl (C=O) groups is 1. The summed E-state index contributed by atoms with van der Waals surface area (Å²) in [6, 6.07) is 0.248. The molecule has 110 valence electrons. The maximum Gasteiger partial charge on any atom is 0.414 e. The maximum atomic E-state index is 12.2. The number of hydrogen-bond donors (Lipinski definition) is 1. The number of allylic oxidation sites excluding steroid dienone is 1. The molecule has 2 heterocycles. The molecule has 2 aliphatic heterocycles. The molecule has 0 bridgehead atoms. The molecule has 0 saturated heterocycles. The standard InChI is InChI=1S/C15H21BrN2O2/c1-15(2,3)20-14(19)18-9-11(8-12(16)10-18)13-6-4-5-7-17-13/h5,7-9,13,17H,4,6,10H2,1-3H3. The largest absolute Gasteiger partial charge is 0.443 e.